The van der Waals surface area contributed by atoms with Gasteiger partial charge in [-0.2, -0.15) is 0 Å². The summed E-state index contributed by atoms with van der Waals surface area (Å²) in [5.74, 6) is -4.21. The van der Waals surface area contributed by atoms with Gasteiger partial charge in [-0.1, -0.05) is 116 Å². The molecule has 0 unspecified atom stereocenters. The number of nitrogens with zero attached hydrogens (tertiary/aromatic N) is 6. The molecule has 1 heterocycles. The van der Waals surface area contributed by atoms with Gasteiger partial charge in [-0.3, -0.25) is 43.3 Å². The third-order valence-corrected chi connectivity index (χ3v) is 19.6. The van der Waals surface area contributed by atoms with E-state index < -0.39 is 96.7 Å². The van der Waals surface area contributed by atoms with Crippen LogP contribution in [0.1, 0.15) is 112 Å². The van der Waals surface area contributed by atoms with Crippen molar-refractivity contribution in [3.8, 4) is 0 Å². The largest absolute Gasteiger partial charge is 0.379 e. The molecule has 0 saturated carbocycles. The number of azide groups is 1. The molecule has 115 heavy (non-hydrogen) atoms. The molecule has 652 valence electrons. The number of benzene rings is 2. The van der Waals surface area contributed by atoms with Crippen LogP contribution in [0.2, 0.25) is 0 Å². The van der Waals surface area contributed by atoms with Crippen molar-refractivity contribution in [2.75, 3.05) is 192 Å². The van der Waals surface area contributed by atoms with Crippen molar-refractivity contribution in [1.82, 2.24) is 51.9 Å². The minimum absolute atomic E-state index is 0.00705. The van der Waals surface area contributed by atoms with Crippen LogP contribution in [-0.4, -0.2) is 309 Å². The number of nitrogens with one attached hydrogen (secondary N) is 8. The van der Waals surface area contributed by atoms with Gasteiger partial charge in [-0.05, 0) is 92.2 Å². The Bertz CT molecular complexity index is 3130. The molecule has 1 fully saturated rings. The molecule has 1 saturated heterocycles. The lowest BCUT2D eigenvalue weighted by atomic mass is 9.89. The lowest BCUT2D eigenvalue weighted by Crippen LogP contribution is -2.59. The normalized spacial score (nSPS) is 15.5. The average molecular weight is 1630 g/mol. The van der Waals surface area contributed by atoms with Crippen LogP contribution < -0.4 is 48.3 Å². The van der Waals surface area contributed by atoms with E-state index in [1.165, 1.54) is 14.2 Å². The van der Waals surface area contributed by atoms with Crippen LogP contribution in [0.5, 0.6) is 0 Å². The number of nitrogens with two attached hydrogens (primary N) is 1. The molecule has 3 rings (SSSR count). The highest BCUT2D eigenvalue weighted by molar-refractivity contribution is 5.95. The van der Waals surface area contributed by atoms with Crippen LogP contribution in [0.3, 0.4) is 0 Å². The van der Waals surface area contributed by atoms with Crippen LogP contribution in [0.4, 0.5) is 10.5 Å². The van der Waals surface area contributed by atoms with Gasteiger partial charge in [0.2, 0.25) is 47.3 Å². The van der Waals surface area contributed by atoms with Crippen LogP contribution in [0.15, 0.2) is 59.7 Å². The molecule has 1 aliphatic rings. The zero-order chi connectivity index (χ0) is 84.9. The van der Waals surface area contributed by atoms with E-state index in [-0.39, 0.29) is 106 Å². The van der Waals surface area contributed by atoms with Crippen molar-refractivity contribution >= 4 is 59.0 Å². The number of ether oxygens (including phenoxy) is 11. The summed E-state index contributed by atoms with van der Waals surface area (Å²) in [6.45, 7) is 24.2. The van der Waals surface area contributed by atoms with E-state index in [0.29, 0.717) is 149 Å². The van der Waals surface area contributed by atoms with Gasteiger partial charge < -0.3 is 110 Å². The highest BCUT2D eigenvalue weighted by Gasteiger charge is 2.44. The predicted octanol–water partition coefficient (Wildman–Crippen LogP) is 3.74. The molecule has 10 amide bonds. The Labute approximate surface area is 680 Å². The molecule has 0 aliphatic carbocycles. The zero-order valence-corrected chi connectivity index (χ0v) is 70.6. The third-order valence-electron chi connectivity index (χ3n) is 19.6. The van der Waals surface area contributed by atoms with Crippen molar-refractivity contribution in [3.05, 3.63) is 76.2 Å². The monoisotopic (exact) mass is 1630 g/mol. The molecule has 1 aliphatic heterocycles. The number of methoxy groups -OCH3 is 2. The molecule has 0 radical (unpaired) electrons. The summed E-state index contributed by atoms with van der Waals surface area (Å²) in [7, 11) is 8.42. The summed E-state index contributed by atoms with van der Waals surface area (Å²) >= 11 is 0. The number of rotatable bonds is 65. The first kappa shape index (κ1) is 101. The fourth-order valence-corrected chi connectivity index (χ4v) is 13.2. The molecule has 2 aromatic rings. The number of anilines is 1. The Hall–Kier alpha value is -7.74. The maximum absolute atomic E-state index is 14.7. The molecular formula is C80H137N15O20. The Morgan fingerprint density at radius 3 is 1.68 bits per heavy atom. The number of urea groups is 1. The van der Waals surface area contributed by atoms with Crippen LogP contribution in [0, 0.1) is 29.6 Å². The van der Waals surface area contributed by atoms with Crippen LogP contribution in [0.25, 0.3) is 10.4 Å². The summed E-state index contributed by atoms with van der Waals surface area (Å²) in [6, 6.07) is 10.9. The molecule has 2 aromatic carbocycles. The topological polar surface area (TPSA) is 436 Å². The zero-order valence-electron chi connectivity index (χ0n) is 70.6. The van der Waals surface area contributed by atoms with Crippen molar-refractivity contribution in [2.24, 2.45) is 40.4 Å². The summed E-state index contributed by atoms with van der Waals surface area (Å²) < 4.78 is 61.3. The highest BCUT2D eigenvalue weighted by atomic mass is 16.6. The van der Waals surface area contributed by atoms with Crippen molar-refractivity contribution in [2.45, 2.75) is 168 Å². The van der Waals surface area contributed by atoms with Gasteiger partial charge in [0.1, 0.15) is 25.3 Å². The van der Waals surface area contributed by atoms with Crippen molar-refractivity contribution < 1.29 is 95.3 Å². The second-order valence-corrected chi connectivity index (χ2v) is 29.6. The van der Waals surface area contributed by atoms with Crippen molar-refractivity contribution in [3.63, 3.8) is 0 Å². The Balaban J connectivity index is 1.48. The fraction of sp³-hybridized carbons (Fsp3) is 0.738. The van der Waals surface area contributed by atoms with Gasteiger partial charge in [0.15, 0.2) is 0 Å². The van der Waals surface area contributed by atoms with Gasteiger partial charge in [-0.25, -0.2) is 4.79 Å². The van der Waals surface area contributed by atoms with Crippen LogP contribution >= 0.6 is 0 Å². The molecule has 0 spiro atoms. The Morgan fingerprint density at radius 1 is 0.600 bits per heavy atom. The maximum atomic E-state index is 14.7. The Morgan fingerprint density at radius 2 is 1.17 bits per heavy atom. The van der Waals surface area contributed by atoms with Gasteiger partial charge in [-0.15, -0.1) is 0 Å². The molecule has 0 bridgehead atoms. The third kappa shape index (κ3) is 41.3. The first-order valence-electron chi connectivity index (χ1n) is 40.3. The van der Waals surface area contributed by atoms with Gasteiger partial charge >= 0.3 is 6.03 Å². The number of hydrogen-bond donors (Lipinski definition) is 9. The SMILES string of the molecule is CC[C@H](C)[C@@H]([C@@H](CC(=O)N1CCC[C@H]1[C@H](OC)[C@@H](C)C(=O)N[C@@H](Cc1ccccc1)C(=O)NCc1ccc(NC(=O)[C@H](CCCNC(N)=O)NC[C@@H](NC(=O)COCC(=O)NCCOCCOCCOCCOCCOCCOCCOCCOCCN=[N+]=[N-])C(C)C)cc1)OC)N(C)C(=O)[C@@H](NC(=O)[C@H](C(C)C)N(C)C)C(C)C. The molecule has 35 heteroatoms. The van der Waals surface area contributed by atoms with E-state index in [9.17, 15) is 43.2 Å². The Kier molecular flexibility index (Phi) is 52.8. The lowest BCUT2D eigenvalue weighted by molar-refractivity contribution is -0.148. The quantitative estimate of drug-likeness (QED) is 0.0197. The second-order valence-electron chi connectivity index (χ2n) is 29.6. The number of likely N-dealkylation sites (tertiary alicyclic amines) is 1. The van der Waals surface area contributed by atoms with E-state index in [0.717, 1.165) is 5.56 Å². The van der Waals surface area contributed by atoms with Crippen LogP contribution in [-0.2, 0) is 103 Å². The number of likely N-dealkylation sites (N-methyl/N-ethyl adjacent to an activating group) is 2. The van der Waals surface area contributed by atoms with Gasteiger partial charge in [0.05, 0.1) is 154 Å². The average Bonchev–Trinajstić information content (AvgIpc) is 1.79. The molecule has 11 atom stereocenters. The summed E-state index contributed by atoms with van der Waals surface area (Å²) in [5.41, 5.74) is 15.5. The standard InChI is InChI=1S/C80H137N15O20/c1-15-58(8)73(94(12)79(103)71(56(4)5)91-78(102)72(57(6)7)93(10)11)67(105-13)50-70(98)95-32-20-24-66(95)74(106-14)59(9)75(99)90-64(49-60-21-17-16-18-22-60)76(100)86-51-61-25-27-62(28-26-61)88-77(101)63(23-19-29-84-80(81)104)85-52-65(55(2)3)89-69(97)54-115-53-68(96)83-30-33-107-35-37-109-39-41-111-43-45-113-47-48-114-46-44-112-42-40-110-38-36-108-34-31-87-92-82/h16-18,21-22,25-28,55-59,63-67,71-74,85H,15,19-20,23-24,29-54H2,1-14H3,(H,83,96)(H,86,100)(H,88,101)(H,89,97)(H,90,99)(H,91,102)(H3,81,84,104)/t58-,59+,63-,64-,65+,66-,67+,71-,72-,73-,74+/m0/s1. The van der Waals surface area contributed by atoms with E-state index in [1.807, 2.05) is 105 Å². The van der Waals surface area contributed by atoms with E-state index in [2.05, 4.69) is 52.6 Å². The summed E-state index contributed by atoms with van der Waals surface area (Å²) in [4.78, 5) is 131. The fourth-order valence-electron chi connectivity index (χ4n) is 13.2. The van der Waals surface area contributed by atoms with Gasteiger partial charge in [0.25, 0.3) is 0 Å². The molecule has 0 aromatic heterocycles. The predicted molar refractivity (Wildman–Crippen MR) is 434 cm³/mol. The molecule has 10 N–H and O–H groups in total. The molecular weight excluding hydrogens is 1490 g/mol. The lowest BCUT2D eigenvalue weighted by Gasteiger charge is -2.41. The smallest absolute Gasteiger partial charge is 0.312 e. The van der Waals surface area contributed by atoms with E-state index in [4.69, 9.17) is 63.4 Å². The highest BCUT2D eigenvalue weighted by Crippen LogP contribution is 2.30. The number of amides is 10. The first-order chi connectivity index (χ1) is 55.2. The minimum Gasteiger partial charge on any atom is -0.379 e. The minimum atomic E-state index is -1.02. The van der Waals surface area contributed by atoms with Crippen molar-refractivity contribution in [1.29, 1.82) is 0 Å². The maximum Gasteiger partial charge on any atom is 0.312 e. The summed E-state index contributed by atoms with van der Waals surface area (Å²) in [6.07, 6.45) is 1.16. The van der Waals surface area contributed by atoms with E-state index in [1.54, 1.807) is 48.0 Å². The first-order valence-corrected chi connectivity index (χ1v) is 40.3. The second kappa shape index (κ2) is 59.8. The number of carbonyl (C=O) groups excluding carboxylic acids is 9. The van der Waals surface area contributed by atoms with E-state index >= 15 is 0 Å². The molecule has 35 nitrogen and oxygen atoms in total. The van der Waals surface area contributed by atoms with Gasteiger partial charge in [0, 0.05) is 83.6 Å². The number of primary amides is 1. The number of hydrogen-bond acceptors (Lipinski definition) is 23. The summed E-state index contributed by atoms with van der Waals surface area (Å²) in [5, 5.41) is 26.8. The number of carbonyl (C=O) groups is 9.